The van der Waals surface area contributed by atoms with Crippen molar-refractivity contribution >= 4 is 10.8 Å². The Hall–Kier alpha value is -1.58. The highest BCUT2D eigenvalue weighted by molar-refractivity contribution is 5.93. The van der Waals surface area contributed by atoms with Gasteiger partial charge in [-0.2, -0.15) is 0 Å². The number of ether oxygens (including phenoxy) is 3. The lowest BCUT2D eigenvalue weighted by atomic mass is 9.98. The van der Waals surface area contributed by atoms with Gasteiger partial charge in [-0.05, 0) is 22.4 Å². The Bertz CT molecular complexity index is 684. The normalized spacial score (nSPS) is 25.9. The van der Waals surface area contributed by atoms with Gasteiger partial charge in [0.15, 0.2) is 11.5 Å². The molecule has 3 aliphatic heterocycles. The second-order valence-electron chi connectivity index (χ2n) is 5.66. The van der Waals surface area contributed by atoms with Crippen LogP contribution in [0.4, 0.5) is 0 Å². The molecule has 2 fully saturated rings. The van der Waals surface area contributed by atoms with Gasteiger partial charge in [0, 0.05) is 18.4 Å². The van der Waals surface area contributed by atoms with E-state index in [2.05, 4.69) is 24.3 Å². The van der Waals surface area contributed by atoms with Crippen molar-refractivity contribution in [1.29, 1.82) is 0 Å². The molecule has 0 N–H and O–H groups in total. The van der Waals surface area contributed by atoms with E-state index in [1.54, 1.807) is 0 Å². The van der Waals surface area contributed by atoms with E-state index in [0.717, 1.165) is 37.6 Å². The first-order chi connectivity index (χ1) is 9.37. The zero-order valence-corrected chi connectivity index (χ0v) is 10.5. The summed E-state index contributed by atoms with van der Waals surface area (Å²) in [5.41, 5.74) is 2.67. The summed E-state index contributed by atoms with van der Waals surface area (Å²) in [6.07, 6.45) is 2.84. The number of fused-ring (bicyclic) bond motifs is 2. The van der Waals surface area contributed by atoms with Gasteiger partial charge in [-0.25, -0.2) is 0 Å². The topological polar surface area (TPSA) is 37.6 Å². The van der Waals surface area contributed by atoms with Crippen LogP contribution in [0, 0.1) is 0 Å². The number of hydrogen-bond donors (Lipinski definition) is 0. The van der Waals surface area contributed by atoms with Gasteiger partial charge in [0.2, 0.25) is 0 Å². The highest BCUT2D eigenvalue weighted by atomic mass is 16.6. The van der Waals surface area contributed by atoms with E-state index >= 15 is 0 Å². The predicted molar refractivity (Wildman–Crippen MR) is 70.9 cm³/mol. The van der Waals surface area contributed by atoms with Gasteiger partial charge >= 0.3 is 0 Å². The van der Waals surface area contributed by atoms with Crippen LogP contribution in [0.2, 0.25) is 0 Å². The Balaban J connectivity index is 1.59. The lowest BCUT2D eigenvalue weighted by Crippen LogP contribution is -1.95. The molecular weight excluding hydrogens is 240 g/mol. The maximum atomic E-state index is 5.60. The summed E-state index contributed by atoms with van der Waals surface area (Å²) in [6.45, 7) is 1.80. The Labute approximate surface area is 111 Å². The molecule has 3 aliphatic rings. The van der Waals surface area contributed by atoms with Gasteiger partial charge in [-0.15, -0.1) is 0 Å². The van der Waals surface area contributed by atoms with Crippen LogP contribution in [0.15, 0.2) is 24.3 Å². The minimum atomic E-state index is 0.401. The van der Waals surface area contributed by atoms with E-state index in [4.69, 9.17) is 14.2 Å². The van der Waals surface area contributed by atoms with Crippen molar-refractivity contribution in [2.45, 2.75) is 25.0 Å². The molecule has 5 rings (SSSR count). The van der Waals surface area contributed by atoms with Gasteiger partial charge in [0.05, 0.1) is 25.4 Å². The van der Waals surface area contributed by atoms with Gasteiger partial charge < -0.3 is 14.2 Å². The summed E-state index contributed by atoms with van der Waals surface area (Å²) in [5, 5.41) is 2.59. The van der Waals surface area contributed by atoms with E-state index in [1.165, 1.54) is 21.9 Å². The molecule has 2 saturated heterocycles. The molecule has 0 radical (unpaired) electrons. The number of epoxide rings is 2. The quantitative estimate of drug-likeness (QED) is 0.672. The van der Waals surface area contributed by atoms with Crippen molar-refractivity contribution < 1.29 is 14.2 Å². The molecule has 3 heterocycles. The molecule has 2 aromatic carbocycles. The van der Waals surface area contributed by atoms with Gasteiger partial charge in [-0.1, -0.05) is 18.2 Å². The molecule has 0 aromatic heterocycles. The standard InChI is InChI=1S/C16H14O3/c1-2-13-10(3-9(1)4-11-7-17-11)5-15-16(19-15)14(13)6-12-8-18-12/h1-3,5,11-12H,4,6-8H2. The summed E-state index contributed by atoms with van der Waals surface area (Å²) in [6, 6.07) is 8.87. The molecule has 96 valence electrons. The van der Waals surface area contributed by atoms with E-state index in [9.17, 15) is 0 Å². The zero-order valence-electron chi connectivity index (χ0n) is 10.5. The minimum absolute atomic E-state index is 0.401. The fraction of sp³-hybridized carbons (Fsp3) is 0.375. The molecule has 2 atom stereocenters. The molecule has 2 aromatic rings. The van der Waals surface area contributed by atoms with Gasteiger partial charge in [-0.3, -0.25) is 0 Å². The van der Waals surface area contributed by atoms with E-state index in [1.807, 2.05) is 0 Å². The Morgan fingerprint density at radius 2 is 1.79 bits per heavy atom. The van der Waals surface area contributed by atoms with E-state index in [-0.39, 0.29) is 0 Å². The monoisotopic (exact) mass is 254 g/mol. The van der Waals surface area contributed by atoms with Crippen molar-refractivity contribution in [3.05, 3.63) is 35.4 Å². The van der Waals surface area contributed by atoms with Crippen molar-refractivity contribution in [2.24, 2.45) is 0 Å². The average molecular weight is 254 g/mol. The first kappa shape index (κ1) is 10.2. The summed E-state index contributed by atoms with van der Waals surface area (Å²) in [7, 11) is 0. The number of rotatable bonds is 4. The molecule has 0 saturated carbocycles. The van der Waals surface area contributed by atoms with Crippen LogP contribution in [0.3, 0.4) is 0 Å². The first-order valence-corrected chi connectivity index (χ1v) is 6.86. The first-order valence-electron chi connectivity index (χ1n) is 6.86. The fourth-order valence-electron chi connectivity index (χ4n) is 2.85. The molecule has 0 spiro atoms. The molecule has 0 amide bonds. The number of benzene rings is 2. The van der Waals surface area contributed by atoms with Gasteiger partial charge in [0.25, 0.3) is 0 Å². The molecule has 2 unspecified atom stereocenters. The van der Waals surface area contributed by atoms with Crippen molar-refractivity contribution in [3.63, 3.8) is 0 Å². The van der Waals surface area contributed by atoms with Crippen molar-refractivity contribution in [1.82, 2.24) is 0 Å². The molecule has 0 bridgehead atoms. The SMILES string of the molecule is c1cc2c(CC3CO3)c3c(cc2cc1CC1CO1)O3. The molecule has 3 nitrogen and oxygen atoms in total. The average Bonchev–Trinajstić information content (AvgIpc) is 3.20. The lowest BCUT2D eigenvalue weighted by molar-refractivity contribution is 0.407. The second kappa shape index (κ2) is 3.50. The van der Waals surface area contributed by atoms with Crippen molar-refractivity contribution in [2.75, 3.05) is 13.2 Å². The Morgan fingerprint density at radius 1 is 1.00 bits per heavy atom. The minimum Gasteiger partial charge on any atom is -0.449 e. The summed E-state index contributed by atoms with van der Waals surface area (Å²) < 4.78 is 16.2. The van der Waals surface area contributed by atoms with E-state index < -0.39 is 0 Å². The molecule has 19 heavy (non-hydrogen) atoms. The van der Waals surface area contributed by atoms with E-state index in [0.29, 0.717) is 12.2 Å². The van der Waals surface area contributed by atoms with Crippen LogP contribution in [0.25, 0.3) is 10.8 Å². The number of hydrogen-bond acceptors (Lipinski definition) is 3. The fourth-order valence-corrected chi connectivity index (χ4v) is 2.85. The highest BCUT2D eigenvalue weighted by Crippen LogP contribution is 2.52. The maximum absolute atomic E-state index is 5.60. The predicted octanol–water partition coefficient (Wildman–Crippen LogP) is 2.83. The summed E-state index contributed by atoms with van der Waals surface area (Å²) in [4.78, 5) is 0. The van der Waals surface area contributed by atoms with Crippen LogP contribution in [0.1, 0.15) is 11.1 Å². The highest BCUT2D eigenvalue weighted by Gasteiger charge is 2.32. The summed E-state index contributed by atoms with van der Waals surface area (Å²) in [5.74, 6) is 2.13. The van der Waals surface area contributed by atoms with Crippen LogP contribution in [-0.4, -0.2) is 25.4 Å². The Morgan fingerprint density at radius 3 is 2.58 bits per heavy atom. The molecule has 0 aliphatic carbocycles. The third-order valence-corrected chi connectivity index (χ3v) is 4.10. The van der Waals surface area contributed by atoms with Crippen molar-refractivity contribution in [3.8, 4) is 11.5 Å². The van der Waals surface area contributed by atoms with Crippen LogP contribution < -0.4 is 4.74 Å². The Kier molecular flexibility index (Phi) is 1.88. The maximum Gasteiger partial charge on any atom is 0.174 e. The van der Waals surface area contributed by atoms with Crippen LogP contribution in [-0.2, 0) is 22.3 Å². The summed E-state index contributed by atoms with van der Waals surface area (Å²) >= 11 is 0. The zero-order chi connectivity index (χ0) is 12.4. The lowest BCUT2D eigenvalue weighted by Gasteiger charge is -2.05. The molecule has 3 heteroatoms. The van der Waals surface area contributed by atoms with Crippen LogP contribution in [0.5, 0.6) is 11.5 Å². The van der Waals surface area contributed by atoms with Gasteiger partial charge in [0.1, 0.15) is 0 Å². The molecular formula is C16H14O3. The smallest absolute Gasteiger partial charge is 0.174 e. The third kappa shape index (κ3) is 1.81. The second-order valence-corrected chi connectivity index (χ2v) is 5.66. The largest absolute Gasteiger partial charge is 0.449 e. The third-order valence-electron chi connectivity index (χ3n) is 4.10. The van der Waals surface area contributed by atoms with Crippen LogP contribution >= 0.6 is 0 Å².